The van der Waals surface area contributed by atoms with E-state index in [0.717, 1.165) is 22.2 Å². The highest BCUT2D eigenvalue weighted by atomic mass is 16.2. The van der Waals surface area contributed by atoms with E-state index >= 15 is 0 Å². The molecule has 2 aromatic carbocycles. The third kappa shape index (κ3) is 4.36. The topological polar surface area (TPSA) is 71.1 Å². The summed E-state index contributed by atoms with van der Waals surface area (Å²) in [4.78, 5) is 30.1. The fourth-order valence-electron chi connectivity index (χ4n) is 3.03. The summed E-state index contributed by atoms with van der Waals surface area (Å²) >= 11 is 0. The smallest absolute Gasteiger partial charge is 0.256 e. The number of nitrogens with one attached hydrogen (secondary N) is 2. The maximum atomic E-state index is 13.1. The molecule has 28 heavy (non-hydrogen) atoms. The van der Waals surface area contributed by atoms with Gasteiger partial charge in [-0.3, -0.25) is 14.6 Å². The molecule has 0 saturated heterocycles. The maximum Gasteiger partial charge on any atom is 0.256 e. The minimum Gasteiger partial charge on any atom is -0.352 e. The van der Waals surface area contributed by atoms with Crippen LogP contribution in [0.25, 0.3) is 10.9 Å². The van der Waals surface area contributed by atoms with Crippen molar-refractivity contribution in [3.05, 3.63) is 70.9 Å². The van der Waals surface area contributed by atoms with E-state index in [4.69, 9.17) is 0 Å². The van der Waals surface area contributed by atoms with Crippen LogP contribution in [0.2, 0.25) is 0 Å². The van der Waals surface area contributed by atoms with Crippen LogP contribution in [0.4, 0.5) is 5.69 Å². The second kappa shape index (κ2) is 8.21. The summed E-state index contributed by atoms with van der Waals surface area (Å²) in [5, 5.41) is 6.60. The first-order chi connectivity index (χ1) is 13.3. The molecule has 5 heteroatoms. The number of anilines is 1. The molecule has 2 N–H and O–H groups in total. The Kier molecular flexibility index (Phi) is 5.73. The number of hydrogen-bond donors (Lipinski definition) is 2. The summed E-state index contributed by atoms with van der Waals surface area (Å²) in [5.41, 5.74) is 4.08. The molecule has 144 valence electrons. The summed E-state index contributed by atoms with van der Waals surface area (Å²) in [6, 6.07) is 14.7. The Morgan fingerprint density at radius 1 is 0.964 bits per heavy atom. The molecule has 0 radical (unpaired) electrons. The number of aromatic nitrogens is 1. The van der Waals surface area contributed by atoms with Crippen LogP contribution in [0.3, 0.4) is 0 Å². The van der Waals surface area contributed by atoms with Crippen LogP contribution >= 0.6 is 0 Å². The molecule has 5 nitrogen and oxygen atoms in total. The number of rotatable bonds is 5. The van der Waals surface area contributed by atoms with E-state index in [1.54, 1.807) is 30.3 Å². The van der Waals surface area contributed by atoms with E-state index in [-0.39, 0.29) is 11.8 Å². The van der Waals surface area contributed by atoms with E-state index in [2.05, 4.69) is 15.6 Å². The number of fused-ring (bicyclic) bond motifs is 1. The van der Waals surface area contributed by atoms with Crippen LogP contribution in [0.5, 0.6) is 0 Å². The molecule has 3 rings (SSSR count). The SMILES string of the molecule is Cc1ccc2nc(C)cc(C(=O)Nc3ccccc3C(=O)NCC(C)C)c2c1. The Morgan fingerprint density at radius 3 is 2.46 bits per heavy atom. The Morgan fingerprint density at radius 2 is 1.71 bits per heavy atom. The van der Waals surface area contributed by atoms with Crippen molar-refractivity contribution in [2.45, 2.75) is 27.7 Å². The highest BCUT2D eigenvalue weighted by molar-refractivity contribution is 6.14. The van der Waals surface area contributed by atoms with Gasteiger partial charge in [0, 0.05) is 17.6 Å². The summed E-state index contributed by atoms with van der Waals surface area (Å²) in [6.45, 7) is 8.49. The highest BCUT2D eigenvalue weighted by Crippen LogP contribution is 2.22. The molecular formula is C23H25N3O2. The molecule has 0 fully saturated rings. The lowest BCUT2D eigenvalue weighted by molar-refractivity contribution is 0.0950. The van der Waals surface area contributed by atoms with Crippen molar-refractivity contribution >= 4 is 28.4 Å². The number of amides is 2. The summed E-state index contributed by atoms with van der Waals surface area (Å²) in [5.74, 6) is -0.110. The number of carbonyl (C=O) groups is 2. The van der Waals surface area contributed by atoms with Crippen LogP contribution in [-0.2, 0) is 0 Å². The molecule has 0 spiro atoms. The molecule has 0 aliphatic carbocycles. The Bertz CT molecular complexity index is 1040. The molecule has 0 unspecified atom stereocenters. The molecule has 0 aliphatic rings. The quantitative estimate of drug-likeness (QED) is 0.690. The lowest BCUT2D eigenvalue weighted by Gasteiger charge is -2.14. The normalized spacial score (nSPS) is 10.9. The van der Waals surface area contributed by atoms with Crippen LogP contribution in [0, 0.1) is 19.8 Å². The molecule has 1 heterocycles. The second-order valence-electron chi connectivity index (χ2n) is 7.44. The lowest BCUT2D eigenvalue weighted by Crippen LogP contribution is -2.28. The van der Waals surface area contributed by atoms with E-state index in [1.807, 2.05) is 45.9 Å². The monoisotopic (exact) mass is 375 g/mol. The van der Waals surface area contributed by atoms with E-state index in [1.165, 1.54) is 0 Å². The summed E-state index contributed by atoms with van der Waals surface area (Å²) in [7, 11) is 0. The standard InChI is InChI=1S/C23H25N3O2/c1-14(2)13-24-22(27)17-7-5-6-8-20(17)26-23(28)19-12-16(4)25-21-10-9-15(3)11-18(19)21/h5-12,14H,13H2,1-4H3,(H,24,27)(H,26,28). The van der Waals surface area contributed by atoms with Crippen molar-refractivity contribution in [1.82, 2.24) is 10.3 Å². The predicted molar refractivity (Wildman–Crippen MR) is 113 cm³/mol. The first-order valence-corrected chi connectivity index (χ1v) is 9.41. The largest absolute Gasteiger partial charge is 0.352 e. The zero-order valence-corrected chi connectivity index (χ0v) is 16.7. The Balaban J connectivity index is 1.93. The van der Waals surface area contributed by atoms with Crippen LogP contribution in [0.15, 0.2) is 48.5 Å². The number of hydrogen-bond acceptors (Lipinski definition) is 3. The molecule has 3 aromatic rings. The molecule has 0 saturated carbocycles. The molecule has 2 amide bonds. The molecule has 0 bridgehead atoms. The van der Waals surface area contributed by atoms with Gasteiger partial charge in [0.15, 0.2) is 0 Å². The lowest BCUT2D eigenvalue weighted by atomic mass is 10.0. The fourth-order valence-corrected chi connectivity index (χ4v) is 3.03. The van der Waals surface area contributed by atoms with Crippen LogP contribution < -0.4 is 10.6 Å². The van der Waals surface area contributed by atoms with Crippen molar-refractivity contribution in [2.75, 3.05) is 11.9 Å². The van der Waals surface area contributed by atoms with Crippen molar-refractivity contribution in [3.63, 3.8) is 0 Å². The van der Waals surface area contributed by atoms with Gasteiger partial charge in [0.05, 0.1) is 22.3 Å². The first-order valence-electron chi connectivity index (χ1n) is 9.41. The van der Waals surface area contributed by atoms with Gasteiger partial charge in [-0.2, -0.15) is 0 Å². The van der Waals surface area contributed by atoms with E-state index in [9.17, 15) is 9.59 Å². The highest BCUT2D eigenvalue weighted by Gasteiger charge is 2.17. The zero-order chi connectivity index (χ0) is 20.3. The van der Waals surface area contributed by atoms with Crippen molar-refractivity contribution in [1.29, 1.82) is 0 Å². The Hall–Kier alpha value is -3.21. The fraction of sp³-hybridized carbons (Fsp3) is 0.261. The van der Waals surface area contributed by atoms with Crippen LogP contribution in [0.1, 0.15) is 45.8 Å². The average Bonchev–Trinajstić information content (AvgIpc) is 2.66. The number of nitrogens with zero attached hydrogens (tertiary/aromatic N) is 1. The van der Waals surface area contributed by atoms with Crippen LogP contribution in [-0.4, -0.2) is 23.3 Å². The van der Waals surface area contributed by atoms with Gasteiger partial charge in [0.1, 0.15) is 0 Å². The third-order valence-corrected chi connectivity index (χ3v) is 4.43. The third-order valence-electron chi connectivity index (χ3n) is 4.43. The predicted octanol–water partition coefficient (Wildman–Crippen LogP) is 4.49. The first kappa shape index (κ1) is 19.5. The molecule has 0 aliphatic heterocycles. The molecular weight excluding hydrogens is 350 g/mol. The second-order valence-corrected chi connectivity index (χ2v) is 7.44. The van der Waals surface area contributed by atoms with Gasteiger partial charge in [-0.1, -0.05) is 37.6 Å². The van der Waals surface area contributed by atoms with Crippen molar-refractivity contribution in [3.8, 4) is 0 Å². The minimum atomic E-state index is -0.259. The number of carbonyl (C=O) groups excluding carboxylic acids is 2. The average molecular weight is 375 g/mol. The van der Waals surface area contributed by atoms with Crippen molar-refractivity contribution < 1.29 is 9.59 Å². The van der Waals surface area contributed by atoms with Gasteiger partial charge in [0.25, 0.3) is 11.8 Å². The number of pyridine rings is 1. The van der Waals surface area contributed by atoms with Gasteiger partial charge >= 0.3 is 0 Å². The number of benzene rings is 2. The zero-order valence-electron chi connectivity index (χ0n) is 16.7. The summed E-state index contributed by atoms with van der Waals surface area (Å²) in [6.07, 6.45) is 0. The van der Waals surface area contributed by atoms with Gasteiger partial charge in [-0.25, -0.2) is 0 Å². The van der Waals surface area contributed by atoms with Gasteiger partial charge < -0.3 is 10.6 Å². The van der Waals surface area contributed by atoms with E-state index in [0.29, 0.717) is 29.3 Å². The van der Waals surface area contributed by atoms with Gasteiger partial charge in [-0.15, -0.1) is 0 Å². The Labute approximate surface area is 165 Å². The maximum absolute atomic E-state index is 13.1. The number of aryl methyl sites for hydroxylation is 2. The van der Waals surface area contributed by atoms with Gasteiger partial charge in [-0.05, 0) is 50.1 Å². The van der Waals surface area contributed by atoms with E-state index < -0.39 is 0 Å². The molecule has 1 aromatic heterocycles. The van der Waals surface area contributed by atoms with Crippen molar-refractivity contribution in [2.24, 2.45) is 5.92 Å². The minimum absolute atomic E-state index is 0.198. The summed E-state index contributed by atoms with van der Waals surface area (Å²) < 4.78 is 0. The van der Waals surface area contributed by atoms with Gasteiger partial charge in [0.2, 0.25) is 0 Å². The molecule has 0 atom stereocenters. The number of para-hydroxylation sites is 1.